The predicted molar refractivity (Wildman–Crippen MR) is 91.5 cm³/mol. The number of carbonyl (C=O) groups is 1. The second-order valence-electron chi connectivity index (χ2n) is 6.40. The second-order valence-corrected chi connectivity index (χ2v) is 8.01. The number of halogens is 1. The summed E-state index contributed by atoms with van der Waals surface area (Å²) in [7, 11) is -4.44. The van der Waals surface area contributed by atoms with E-state index in [-0.39, 0.29) is 12.1 Å². The van der Waals surface area contributed by atoms with Crippen LogP contribution < -0.4 is 16.3 Å². The van der Waals surface area contributed by atoms with Crippen molar-refractivity contribution in [2.45, 2.75) is 38.5 Å². The molecule has 2 rings (SSSR count). The van der Waals surface area contributed by atoms with Gasteiger partial charge >= 0.3 is 19.4 Å². The highest BCUT2D eigenvalue weighted by Gasteiger charge is 2.46. The number of aliphatic hydroxyl groups excluding tert-OH is 1. The average Bonchev–Trinajstić information content (AvgIpc) is 2.89. The fourth-order valence-corrected chi connectivity index (χ4v) is 3.34. The van der Waals surface area contributed by atoms with Gasteiger partial charge in [-0.3, -0.25) is 23.7 Å². The van der Waals surface area contributed by atoms with Crippen LogP contribution in [0, 0.1) is 12.8 Å². The van der Waals surface area contributed by atoms with Crippen molar-refractivity contribution < 1.29 is 38.1 Å². The van der Waals surface area contributed by atoms with Gasteiger partial charge in [0.05, 0.1) is 12.5 Å². The third kappa shape index (κ3) is 5.13. The van der Waals surface area contributed by atoms with Crippen LogP contribution in [0.5, 0.6) is 0 Å². The van der Waals surface area contributed by atoms with Crippen LogP contribution in [-0.4, -0.2) is 62.2 Å². The van der Waals surface area contributed by atoms with E-state index in [2.05, 4.69) is 0 Å². The first kappa shape index (κ1) is 22.4. The molecular formula is C14H21FN3O9P. The molecule has 0 aromatic carbocycles. The molecule has 1 aromatic heterocycles. The molecule has 1 aliphatic rings. The molecule has 0 amide bonds. The van der Waals surface area contributed by atoms with Gasteiger partial charge in [-0.1, -0.05) is 6.92 Å². The van der Waals surface area contributed by atoms with E-state index in [0.29, 0.717) is 0 Å². The zero-order valence-corrected chi connectivity index (χ0v) is 15.8. The van der Waals surface area contributed by atoms with Gasteiger partial charge in [-0.15, -0.1) is 0 Å². The lowest BCUT2D eigenvalue weighted by atomic mass is 10.1. The number of aliphatic hydroxyl groups is 1. The summed E-state index contributed by atoms with van der Waals surface area (Å²) in [6.07, 6.45) is -5.75. The summed E-state index contributed by atoms with van der Waals surface area (Å²) in [6.45, 7) is 1.62. The van der Waals surface area contributed by atoms with Gasteiger partial charge in [-0.05, 0) is 6.92 Å². The summed E-state index contributed by atoms with van der Waals surface area (Å²) in [5, 5.41) is 20.7. The Bertz CT molecular complexity index is 888. The molecule has 0 bridgehead atoms. The number of aliphatic carboxylic acids is 1. The van der Waals surface area contributed by atoms with E-state index < -0.39 is 62.1 Å². The number of ether oxygens (including phenoxy) is 1. The molecule has 5 N–H and O–H groups in total. The van der Waals surface area contributed by atoms with E-state index >= 15 is 0 Å². The standard InChI is InChI=1S/C14H21FN3O9P/c1-6(13(21)22)3-16-28(24,25)26-5-8-10(19)9(15)12(27-8)18-4-7(2)11(20)17-14(18)23/h4,6,8-10,12,19H,3,5H2,1-2H3,(H,21,22)(H2,16,24,25)(H,17,20,23)/t6-,8?,9-,10+,12+/m1/s1. The number of aromatic nitrogens is 2. The summed E-state index contributed by atoms with van der Waals surface area (Å²) in [6, 6.07) is 0. The van der Waals surface area contributed by atoms with Crippen LogP contribution in [0.3, 0.4) is 0 Å². The van der Waals surface area contributed by atoms with Crippen molar-refractivity contribution in [1.29, 1.82) is 0 Å². The monoisotopic (exact) mass is 425 g/mol. The molecule has 0 saturated carbocycles. The Morgan fingerprint density at radius 3 is 2.79 bits per heavy atom. The highest BCUT2D eigenvalue weighted by molar-refractivity contribution is 7.50. The number of aryl methyl sites for hydroxylation is 1. The maximum Gasteiger partial charge on any atom is 0.403 e. The molecule has 12 nitrogen and oxygen atoms in total. The zero-order chi connectivity index (χ0) is 21.2. The predicted octanol–water partition coefficient (Wildman–Crippen LogP) is -1.13. The highest BCUT2D eigenvalue weighted by atomic mass is 31.2. The lowest BCUT2D eigenvalue weighted by molar-refractivity contribution is -0.140. The topological polar surface area (TPSA) is 180 Å². The minimum absolute atomic E-state index is 0.112. The van der Waals surface area contributed by atoms with Crippen LogP contribution in [0.1, 0.15) is 18.7 Å². The molecule has 1 fully saturated rings. The Morgan fingerprint density at radius 2 is 2.18 bits per heavy atom. The van der Waals surface area contributed by atoms with E-state index in [1.165, 1.54) is 13.8 Å². The van der Waals surface area contributed by atoms with Crippen molar-refractivity contribution in [2.24, 2.45) is 5.92 Å². The van der Waals surface area contributed by atoms with Crippen molar-refractivity contribution in [2.75, 3.05) is 13.2 Å². The number of aromatic amines is 1. The van der Waals surface area contributed by atoms with E-state index in [4.69, 9.17) is 14.4 Å². The lowest BCUT2D eigenvalue weighted by Crippen LogP contribution is -2.36. The number of nitrogens with one attached hydrogen (secondary N) is 2. The molecule has 6 atom stereocenters. The maximum absolute atomic E-state index is 14.4. The smallest absolute Gasteiger partial charge is 0.403 e. The van der Waals surface area contributed by atoms with E-state index in [1.54, 1.807) is 0 Å². The maximum atomic E-state index is 14.4. The number of nitrogens with zero attached hydrogens (tertiary/aromatic N) is 1. The van der Waals surface area contributed by atoms with Crippen LogP contribution in [0.4, 0.5) is 4.39 Å². The largest absolute Gasteiger partial charge is 0.481 e. The van der Waals surface area contributed by atoms with Gasteiger partial charge in [-0.2, -0.15) is 0 Å². The van der Waals surface area contributed by atoms with Crippen LogP contribution >= 0.6 is 7.75 Å². The lowest BCUT2D eigenvalue weighted by Gasteiger charge is -2.19. The first-order valence-electron chi connectivity index (χ1n) is 8.18. The molecule has 1 saturated heterocycles. The molecule has 0 radical (unpaired) electrons. The van der Waals surface area contributed by atoms with Crippen molar-refractivity contribution in [3.8, 4) is 0 Å². The first-order valence-corrected chi connectivity index (χ1v) is 9.75. The summed E-state index contributed by atoms with van der Waals surface area (Å²) in [5.74, 6) is -2.15. The van der Waals surface area contributed by atoms with Crippen LogP contribution in [0.2, 0.25) is 0 Å². The quantitative estimate of drug-likeness (QED) is 0.320. The molecular weight excluding hydrogens is 404 g/mol. The van der Waals surface area contributed by atoms with E-state index in [9.17, 15) is 33.3 Å². The van der Waals surface area contributed by atoms with E-state index in [0.717, 1.165) is 10.8 Å². The van der Waals surface area contributed by atoms with Crippen LogP contribution in [0.15, 0.2) is 15.8 Å². The zero-order valence-electron chi connectivity index (χ0n) is 14.9. The SMILES string of the molecule is Cc1cn([C@H]2OC(COP(=O)(O)NC[C@@H](C)C(=O)O)[C@H](O)[C@H]2F)c(=O)[nH]c1=O. The van der Waals surface area contributed by atoms with Crippen LogP contribution in [-0.2, 0) is 18.6 Å². The Kier molecular flexibility index (Phi) is 6.91. The first-order chi connectivity index (χ1) is 12.9. The number of H-pyrrole nitrogens is 1. The van der Waals surface area contributed by atoms with Crippen molar-refractivity contribution in [3.63, 3.8) is 0 Å². The molecule has 14 heteroatoms. The Balaban J connectivity index is 2.04. The summed E-state index contributed by atoms with van der Waals surface area (Å²) >= 11 is 0. The van der Waals surface area contributed by atoms with Gasteiger partial charge in [0.15, 0.2) is 12.4 Å². The minimum atomic E-state index is -4.44. The molecule has 1 aliphatic heterocycles. The Labute approximate surface area is 157 Å². The molecule has 0 aliphatic carbocycles. The third-order valence-electron chi connectivity index (χ3n) is 4.15. The summed E-state index contributed by atoms with van der Waals surface area (Å²) in [5.41, 5.74) is -1.49. The summed E-state index contributed by atoms with van der Waals surface area (Å²) in [4.78, 5) is 45.6. The number of hydrogen-bond donors (Lipinski definition) is 5. The fraction of sp³-hybridized carbons (Fsp3) is 0.643. The van der Waals surface area contributed by atoms with Gasteiger partial charge in [0, 0.05) is 18.3 Å². The number of hydrogen-bond acceptors (Lipinski definition) is 7. The number of alkyl halides is 1. The third-order valence-corrected chi connectivity index (χ3v) is 5.23. The van der Waals surface area contributed by atoms with Gasteiger partial charge in [0.1, 0.15) is 12.2 Å². The number of carboxylic acids is 1. The van der Waals surface area contributed by atoms with Gasteiger partial charge < -0.3 is 19.8 Å². The van der Waals surface area contributed by atoms with Crippen molar-refractivity contribution in [1.82, 2.24) is 14.6 Å². The van der Waals surface area contributed by atoms with Gasteiger partial charge in [0.2, 0.25) is 0 Å². The normalized spacial score (nSPS) is 28.0. The Hall–Kier alpha value is -1.89. The minimum Gasteiger partial charge on any atom is -0.481 e. The molecule has 2 unspecified atom stereocenters. The van der Waals surface area contributed by atoms with Crippen LogP contribution in [0.25, 0.3) is 0 Å². The fourth-order valence-electron chi connectivity index (χ4n) is 2.40. The van der Waals surface area contributed by atoms with E-state index in [1.807, 2.05) is 10.1 Å². The molecule has 2 heterocycles. The molecule has 1 aromatic rings. The van der Waals surface area contributed by atoms with Crippen molar-refractivity contribution >= 4 is 13.7 Å². The average molecular weight is 425 g/mol. The summed E-state index contributed by atoms with van der Waals surface area (Å²) < 4.78 is 37.0. The number of rotatable bonds is 8. The van der Waals surface area contributed by atoms with Crippen molar-refractivity contribution in [3.05, 3.63) is 32.6 Å². The Morgan fingerprint density at radius 1 is 1.54 bits per heavy atom. The highest BCUT2D eigenvalue weighted by Crippen LogP contribution is 2.39. The van der Waals surface area contributed by atoms with Gasteiger partial charge in [0.25, 0.3) is 5.56 Å². The number of carboxylic acid groups (broad SMARTS) is 1. The molecule has 28 heavy (non-hydrogen) atoms. The molecule has 0 spiro atoms. The van der Waals surface area contributed by atoms with Gasteiger partial charge in [-0.25, -0.2) is 18.8 Å². The second kappa shape index (κ2) is 8.64. The molecule has 158 valence electrons.